The Morgan fingerprint density at radius 1 is 0.824 bits per heavy atom. The predicted molar refractivity (Wildman–Crippen MR) is 185 cm³/mol. The van der Waals surface area contributed by atoms with Crippen LogP contribution in [0.2, 0.25) is 0 Å². The summed E-state index contributed by atoms with van der Waals surface area (Å²) in [6.07, 6.45) is 2.68. The van der Waals surface area contributed by atoms with Gasteiger partial charge in [0.2, 0.25) is 35.4 Å². The van der Waals surface area contributed by atoms with Crippen LogP contribution < -0.4 is 31.9 Å². The molecule has 16 heteroatoms. The molecule has 0 radical (unpaired) electrons. The van der Waals surface area contributed by atoms with E-state index in [4.69, 9.17) is 4.74 Å². The minimum atomic E-state index is -1.20. The first kappa shape index (κ1) is 40.9. The molecule has 282 valence electrons. The third-order valence-electron chi connectivity index (χ3n) is 8.80. The van der Waals surface area contributed by atoms with Crippen molar-refractivity contribution in [2.75, 3.05) is 39.9 Å². The van der Waals surface area contributed by atoms with Gasteiger partial charge in [0.15, 0.2) is 0 Å². The van der Waals surface area contributed by atoms with Crippen LogP contribution >= 0.6 is 0 Å². The Morgan fingerprint density at radius 3 is 2.12 bits per heavy atom. The molecule has 6 N–H and O–H groups in total. The standard InChI is InChI=1S/C35H53N7O9/c1-21(2)29(33(47)38-17-27(43)37-18-28(44)50-5)41-34(48)30(22(3)4)40-31(45)25(20-51-19-23-11-7-6-8-12-23)39-32(46)26-14-10-16-42(26)35(49)24-13-9-15-36-24/h6-8,11-12,21-22,24-26,29-30,36H,9-10,13-20H2,1-5H3,(H,37,43)(H,38,47)(H,39,46)(H,40,45)(H,41,48)/t24-,25-,26-,29-,30-/m0/s1. The molecule has 51 heavy (non-hydrogen) atoms. The first-order chi connectivity index (χ1) is 24.3. The summed E-state index contributed by atoms with van der Waals surface area (Å²) < 4.78 is 10.3. The summed E-state index contributed by atoms with van der Waals surface area (Å²) in [5.41, 5.74) is 0.859. The number of carbonyl (C=O) groups excluding carboxylic acids is 7. The number of hydrogen-bond acceptors (Lipinski definition) is 10. The normalized spacial score (nSPS) is 18.8. The second-order valence-electron chi connectivity index (χ2n) is 13.4. The van der Waals surface area contributed by atoms with Crippen molar-refractivity contribution in [3.05, 3.63) is 35.9 Å². The van der Waals surface area contributed by atoms with E-state index in [1.165, 1.54) is 7.11 Å². The van der Waals surface area contributed by atoms with Crippen molar-refractivity contribution < 1.29 is 43.0 Å². The molecule has 2 aliphatic heterocycles. The molecular formula is C35H53N7O9. The molecule has 5 atom stereocenters. The van der Waals surface area contributed by atoms with Crippen molar-refractivity contribution in [1.29, 1.82) is 0 Å². The molecule has 1 aromatic rings. The molecule has 0 saturated carbocycles. The quantitative estimate of drug-likeness (QED) is 0.103. The lowest BCUT2D eigenvalue weighted by atomic mass is 9.99. The number of ether oxygens (including phenoxy) is 2. The van der Waals surface area contributed by atoms with Crippen molar-refractivity contribution in [1.82, 2.24) is 36.8 Å². The summed E-state index contributed by atoms with van der Waals surface area (Å²) in [6, 6.07) is 4.84. The average Bonchev–Trinajstić information content (AvgIpc) is 3.83. The number of likely N-dealkylation sites (tertiary alicyclic amines) is 1. The van der Waals surface area contributed by atoms with Gasteiger partial charge in [0, 0.05) is 6.54 Å². The van der Waals surface area contributed by atoms with E-state index < -0.39 is 78.1 Å². The Kier molecular flexibility index (Phi) is 16.3. The largest absolute Gasteiger partial charge is 0.468 e. The van der Waals surface area contributed by atoms with Gasteiger partial charge in [-0.1, -0.05) is 58.0 Å². The van der Waals surface area contributed by atoms with Gasteiger partial charge >= 0.3 is 5.97 Å². The van der Waals surface area contributed by atoms with Crippen molar-refractivity contribution in [3.8, 4) is 0 Å². The van der Waals surface area contributed by atoms with Crippen LogP contribution in [0.15, 0.2) is 30.3 Å². The van der Waals surface area contributed by atoms with Crippen LogP contribution in [0.25, 0.3) is 0 Å². The van der Waals surface area contributed by atoms with Crippen LogP contribution in [0, 0.1) is 11.8 Å². The van der Waals surface area contributed by atoms with Gasteiger partial charge in [-0.05, 0) is 49.6 Å². The highest BCUT2D eigenvalue weighted by Crippen LogP contribution is 2.21. The molecule has 0 aliphatic carbocycles. The minimum Gasteiger partial charge on any atom is -0.468 e. The molecule has 2 heterocycles. The molecular weight excluding hydrogens is 662 g/mol. The zero-order chi connectivity index (χ0) is 37.5. The van der Waals surface area contributed by atoms with Gasteiger partial charge in [0.1, 0.15) is 30.7 Å². The fourth-order valence-electron chi connectivity index (χ4n) is 5.87. The summed E-state index contributed by atoms with van der Waals surface area (Å²) in [5.74, 6) is -4.68. The number of esters is 1. The highest BCUT2D eigenvalue weighted by atomic mass is 16.5. The van der Waals surface area contributed by atoms with Gasteiger partial charge < -0.3 is 46.3 Å². The average molecular weight is 716 g/mol. The highest BCUT2D eigenvalue weighted by molar-refractivity contribution is 5.96. The van der Waals surface area contributed by atoms with Crippen LogP contribution in [0.4, 0.5) is 0 Å². The van der Waals surface area contributed by atoms with Crippen LogP contribution in [0.1, 0.15) is 58.9 Å². The number of hydrogen-bond donors (Lipinski definition) is 6. The van der Waals surface area contributed by atoms with Gasteiger partial charge in [0.05, 0.1) is 32.9 Å². The van der Waals surface area contributed by atoms with Crippen LogP contribution in [-0.2, 0) is 49.6 Å². The second kappa shape index (κ2) is 20.3. The van der Waals surface area contributed by atoms with E-state index in [1.807, 2.05) is 30.3 Å². The zero-order valence-corrected chi connectivity index (χ0v) is 30.1. The number of amides is 6. The lowest BCUT2D eigenvalue weighted by Gasteiger charge is -2.30. The molecule has 0 spiro atoms. The van der Waals surface area contributed by atoms with Crippen molar-refractivity contribution in [2.45, 2.75) is 90.2 Å². The monoisotopic (exact) mass is 715 g/mol. The molecule has 6 amide bonds. The lowest BCUT2D eigenvalue weighted by molar-refractivity contribution is -0.141. The van der Waals surface area contributed by atoms with Crippen LogP contribution in [-0.4, -0.2) is 116 Å². The molecule has 0 bridgehead atoms. The summed E-state index contributed by atoms with van der Waals surface area (Å²) in [6.45, 7) is 7.20. The van der Waals surface area contributed by atoms with E-state index in [0.29, 0.717) is 25.8 Å². The molecule has 16 nitrogen and oxygen atoms in total. The highest BCUT2D eigenvalue weighted by Gasteiger charge is 2.40. The van der Waals surface area contributed by atoms with Crippen molar-refractivity contribution in [3.63, 3.8) is 0 Å². The third-order valence-corrected chi connectivity index (χ3v) is 8.80. The smallest absolute Gasteiger partial charge is 0.325 e. The first-order valence-electron chi connectivity index (χ1n) is 17.5. The number of nitrogens with zero attached hydrogens (tertiary/aromatic N) is 1. The molecule has 1 aromatic carbocycles. The molecule has 0 aromatic heterocycles. The summed E-state index contributed by atoms with van der Waals surface area (Å²) in [7, 11) is 1.18. The summed E-state index contributed by atoms with van der Waals surface area (Å²) >= 11 is 0. The molecule has 0 unspecified atom stereocenters. The van der Waals surface area contributed by atoms with Gasteiger partial charge in [0.25, 0.3) is 0 Å². The van der Waals surface area contributed by atoms with E-state index in [-0.39, 0.29) is 31.7 Å². The fraction of sp³-hybridized carbons (Fsp3) is 0.629. The third kappa shape index (κ3) is 12.6. The number of benzene rings is 1. The zero-order valence-electron chi connectivity index (χ0n) is 30.1. The summed E-state index contributed by atoms with van der Waals surface area (Å²) in [4.78, 5) is 92.1. The van der Waals surface area contributed by atoms with Crippen molar-refractivity contribution >= 4 is 41.4 Å². The van der Waals surface area contributed by atoms with Crippen LogP contribution in [0.3, 0.4) is 0 Å². The number of carbonyl (C=O) groups is 7. The van der Waals surface area contributed by atoms with E-state index in [0.717, 1.165) is 18.5 Å². The SMILES string of the molecule is COC(=O)CNC(=O)CNC(=O)[C@@H](NC(=O)[C@@H](NC(=O)[C@H](COCc1ccccc1)NC(=O)[C@@H]1CCCN1C(=O)[C@@H]1CCCN1)C(C)C)C(C)C. The number of methoxy groups -OCH3 is 1. The van der Waals surface area contributed by atoms with E-state index in [2.05, 4.69) is 36.6 Å². The molecule has 2 fully saturated rings. The summed E-state index contributed by atoms with van der Waals surface area (Å²) in [5, 5.41) is 16.1. The first-order valence-corrected chi connectivity index (χ1v) is 17.5. The molecule has 2 saturated heterocycles. The van der Waals surface area contributed by atoms with Crippen molar-refractivity contribution in [2.24, 2.45) is 11.8 Å². The van der Waals surface area contributed by atoms with E-state index >= 15 is 0 Å². The Morgan fingerprint density at radius 2 is 1.49 bits per heavy atom. The van der Waals surface area contributed by atoms with Gasteiger partial charge in [-0.2, -0.15) is 0 Å². The molecule has 2 aliphatic rings. The Bertz CT molecular complexity index is 1370. The maximum Gasteiger partial charge on any atom is 0.325 e. The predicted octanol–water partition coefficient (Wildman–Crippen LogP) is -0.882. The van der Waals surface area contributed by atoms with Crippen LogP contribution in [0.5, 0.6) is 0 Å². The van der Waals surface area contributed by atoms with E-state index in [9.17, 15) is 33.6 Å². The van der Waals surface area contributed by atoms with Gasteiger partial charge in [-0.15, -0.1) is 0 Å². The fourth-order valence-corrected chi connectivity index (χ4v) is 5.87. The maximum atomic E-state index is 13.8. The van der Waals surface area contributed by atoms with Gasteiger partial charge in [-0.3, -0.25) is 33.6 Å². The van der Waals surface area contributed by atoms with Gasteiger partial charge in [-0.25, -0.2) is 0 Å². The topological polar surface area (TPSA) is 213 Å². The Balaban J connectivity index is 1.69. The minimum absolute atomic E-state index is 0.131. The Labute approximate surface area is 298 Å². The lowest BCUT2D eigenvalue weighted by Crippen LogP contribution is -2.61. The Hall–Kier alpha value is -4.57. The second-order valence-corrected chi connectivity index (χ2v) is 13.4. The number of nitrogens with one attached hydrogen (secondary N) is 6. The number of rotatable bonds is 18. The molecule has 3 rings (SSSR count). The van der Waals surface area contributed by atoms with E-state index in [1.54, 1.807) is 32.6 Å². The maximum absolute atomic E-state index is 13.8.